The SMILES string of the molecule is CCCOc1ccc([C@@H]2/C(=C(\O)c3ccc(OCC)cc3)C(=O)C(=O)N2c2nc3ccc(CC)cc3s2)cc1. The maximum Gasteiger partial charge on any atom is 0.301 e. The third-order valence-corrected chi connectivity index (χ3v) is 7.63. The molecule has 1 aromatic heterocycles. The maximum absolute atomic E-state index is 13.5. The number of benzene rings is 3. The summed E-state index contributed by atoms with van der Waals surface area (Å²) in [5.74, 6) is -0.393. The van der Waals surface area contributed by atoms with Crippen LogP contribution in [-0.4, -0.2) is 35.0 Å². The van der Waals surface area contributed by atoms with Gasteiger partial charge in [-0.3, -0.25) is 14.5 Å². The number of amides is 1. The zero-order valence-corrected chi connectivity index (χ0v) is 23.0. The quantitative estimate of drug-likeness (QED) is 0.144. The first-order chi connectivity index (χ1) is 18.9. The highest BCUT2D eigenvalue weighted by Crippen LogP contribution is 2.44. The van der Waals surface area contributed by atoms with E-state index in [-0.39, 0.29) is 11.3 Å². The van der Waals surface area contributed by atoms with Gasteiger partial charge in [0.05, 0.1) is 35.0 Å². The molecule has 1 atom stereocenters. The number of thiazole rings is 1. The summed E-state index contributed by atoms with van der Waals surface area (Å²) in [5.41, 5.74) is 3.01. The topological polar surface area (TPSA) is 89.0 Å². The minimum atomic E-state index is -0.858. The molecule has 0 unspecified atom stereocenters. The lowest BCUT2D eigenvalue weighted by molar-refractivity contribution is -0.132. The first-order valence-corrected chi connectivity index (χ1v) is 13.9. The summed E-state index contributed by atoms with van der Waals surface area (Å²) >= 11 is 1.36. The number of aliphatic hydroxyl groups is 1. The van der Waals surface area contributed by atoms with E-state index in [0.717, 1.165) is 28.6 Å². The minimum absolute atomic E-state index is 0.0138. The number of carbonyl (C=O) groups excluding carboxylic acids is 2. The molecule has 1 aliphatic heterocycles. The lowest BCUT2D eigenvalue weighted by atomic mass is 9.95. The molecule has 7 nitrogen and oxygen atoms in total. The molecule has 39 heavy (non-hydrogen) atoms. The number of aliphatic hydroxyl groups excluding tert-OH is 1. The van der Waals surface area contributed by atoms with E-state index in [1.807, 2.05) is 50.2 Å². The second-order valence-corrected chi connectivity index (χ2v) is 10.2. The molecule has 0 saturated carbocycles. The molecule has 1 saturated heterocycles. The number of carbonyl (C=O) groups is 2. The van der Waals surface area contributed by atoms with Crippen molar-refractivity contribution in [2.24, 2.45) is 0 Å². The van der Waals surface area contributed by atoms with Crippen LogP contribution in [-0.2, 0) is 16.0 Å². The van der Waals surface area contributed by atoms with Crippen LogP contribution in [0.25, 0.3) is 16.0 Å². The highest BCUT2D eigenvalue weighted by atomic mass is 32.1. The standard InChI is InChI=1S/C31H30N2O5S/c1-4-17-38-23-12-8-20(9-13-23)27-26(28(34)21-10-14-22(15-11-21)37-6-3)29(35)30(36)33(27)31-32-24-16-7-19(5-2)18-25(24)39-31/h7-16,18,27,34H,4-6,17H2,1-3H3/b28-26+/t27-/m1/s1. The van der Waals surface area contributed by atoms with E-state index in [0.29, 0.717) is 41.0 Å². The number of rotatable bonds is 9. The summed E-state index contributed by atoms with van der Waals surface area (Å²) in [4.78, 5) is 33.2. The molecule has 0 radical (unpaired) electrons. The monoisotopic (exact) mass is 542 g/mol. The largest absolute Gasteiger partial charge is 0.507 e. The number of aromatic nitrogens is 1. The molecular weight excluding hydrogens is 512 g/mol. The van der Waals surface area contributed by atoms with E-state index < -0.39 is 17.7 Å². The van der Waals surface area contributed by atoms with E-state index in [1.54, 1.807) is 24.3 Å². The Hall–Kier alpha value is -4.17. The Balaban J connectivity index is 1.64. The summed E-state index contributed by atoms with van der Waals surface area (Å²) < 4.78 is 12.2. The molecule has 1 N–H and O–H groups in total. The van der Waals surface area contributed by atoms with Crippen LogP contribution in [0.4, 0.5) is 5.13 Å². The normalized spacial score (nSPS) is 16.7. The zero-order valence-electron chi connectivity index (χ0n) is 22.1. The summed E-state index contributed by atoms with van der Waals surface area (Å²) in [6, 6.07) is 19.2. The fourth-order valence-corrected chi connectivity index (χ4v) is 5.68. The summed E-state index contributed by atoms with van der Waals surface area (Å²) in [6.07, 6.45) is 1.75. The van der Waals surface area contributed by atoms with Crippen molar-refractivity contribution in [3.63, 3.8) is 0 Å². The number of hydrogen-bond donors (Lipinski definition) is 1. The molecule has 1 amide bonds. The number of ether oxygens (including phenoxy) is 2. The van der Waals surface area contributed by atoms with Crippen molar-refractivity contribution >= 4 is 44.1 Å². The van der Waals surface area contributed by atoms with Crippen molar-refractivity contribution in [3.05, 3.63) is 89.0 Å². The second-order valence-electron chi connectivity index (χ2n) is 9.20. The first kappa shape index (κ1) is 26.4. The van der Waals surface area contributed by atoms with Crippen LogP contribution in [0.3, 0.4) is 0 Å². The summed E-state index contributed by atoms with van der Waals surface area (Å²) in [5, 5.41) is 11.8. The Morgan fingerprint density at radius 1 is 0.949 bits per heavy atom. The van der Waals surface area contributed by atoms with Crippen molar-refractivity contribution in [3.8, 4) is 11.5 Å². The van der Waals surface area contributed by atoms with Gasteiger partial charge in [0.15, 0.2) is 5.13 Å². The molecule has 1 aliphatic rings. The van der Waals surface area contributed by atoms with Crippen molar-refractivity contribution in [2.75, 3.05) is 18.1 Å². The van der Waals surface area contributed by atoms with Crippen LogP contribution < -0.4 is 14.4 Å². The second kappa shape index (κ2) is 11.3. The van der Waals surface area contributed by atoms with Crippen LogP contribution in [0.15, 0.2) is 72.3 Å². The van der Waals surface area contributed by atoms with Gasteiger partial charge in [0.2, 0.25) is 0 Å². The molecule has 1 fully saturated rings. The van der Waals surface area contributed by atoms with E-state index in [9.17, 15) is 14.7 Å². The van der Waals surface area contributed by atoms with E-state index in [2.05, 4.69) is 13.0 Å². The molecule has 2 heterocycles. The van der Waals surface area contributed by atoms with Crippen molar-refractivity contribution < 1.29 is 24.2 Å². The smallest absolute Gasteiger partial charge is 0.301 e. The van der Waals surface area contributed by atoms with Crippen molar-refractivity contribution in [1.82, 2.24) is 4.98 Å². The minimum Gasteiger partial charge on any atom is -0.507 e. The van der Waals surface area contributed by atoms with Gasteiger partial charge < -0.3 is 14.6 Å². The molecule has 8 heteroatoms. The average molecular weight is 543 g/mol. The van der Waals surface area contributed by atoms with E-state index >= 15 is 0 Å². The van der Waals surface area contributed by atoms with Gasteiger partial charge in [0.1, 0.15) is 17.3 Å². The van der Waals surface area contributed by atoms with Crippen LogP contribution in [0.1, 0.15) is 49.9 Å². The third-order valence-electron chi connectivity index (χ3n) is 6.61. The van der Waals surface area contributed by atoms with Crippen LogP contribution in [0.2, 0.25) is 0 Å². The fourth-order valence-electron chi connectivity index (χ4n) is 4.62. The zero-order chi connectivity index (χ0) is 27.5. The number of nitrogens with zero attached hydrogens (tertiary/aromatic N) is 2. The van der Waals surface area contributed by atoms with E-state index in [1.165, 1.54) is 16.2 Å². The highest BCUT2D eigenvalue weighted by molar-refractivity contribution is 7.22. The van der Waals surface area contributed by atoms with Gasteiger partial charge in [0, 0.05) is 5.56 Å². The predicted octanol–water partition coefficient (Wildman–Crippen LogP) is 6.67. The molecule has 3 aromatic carbocycles. The van der Waals surface area contributed by atoms with Gasteiger partial charge in [-0.05, 0) is 79.4 Å². The first-order valence-electron chi connectivity index (χ1n) is 13.1. The van der Waals surface area contributed by atoms with Crippen molar-refractivity contribution in [2.45, 2.75) is 39.7 Å². The van der Waals surface area contributed by atoms with Gasteiger partial charge in [-0.15, -0.1) is 0 Å². The van der Waals surface area contributed by atoms with Crippen LogP contribution >= 0.6 is 11.3 Å². The van der Waals surface area contributed by atoms with Gasteiger partial charge in [0.25, 0.3) is 5.78 Å². The van der Waals surface area contributed by atoms with Gasteiger partial charge in [-0.1, -0.05) is 43.4 Å². The molecule has 4 aromatic rings. The highest BCUT2D eigenvalue weighted by Gasteiger charge is 2.48. The number of aryl methyl sites for hydroxylation is 1. The van der Waals surface area contributed by atoms with Gasteiger partial charge in [-0.25, -0.2) is 4.98 Å². The number of Topliss-reactive ketones (excluding diaryl/α,β-unsaturated/α-hetero) is 1. The number of anilines is 1. The Kier molecular flexibility index (Phi) is 7.65. The Morgan fingerprint density at radius 2 is 1.64 bits per heavy atom. The lowest BCUT2D eigenvalue weighted by Gasteiger charge is -2.23. The summed E-state index contributed by atoms with van der Waals surface area (Å²) in [6.45, 7) is 7.09. The predicted molar refractivity (Wildman–Crippen MR) is 154 cm³/mol. The molecule has 5 rings (SSSR count). The Labute approximate surface area is 231 Å². The summed E-state index contributed by atoms with van der Waals surface area (Å²) in [7, 11) is 0. The van der Waals surface area contributed by atoms with Gasteiger partial charge >= 0.3 is 5.91 Å². The fraction of sp³-hybridized carbons (Fsp3) is 0.258. The van der Waals surface area contributed by atoms with Crippen molar-refractivity contribution in [1.29, 1.82) is 0 Å². The molecular formula is C31H30N2O5S. The number of ketones is 1. The Bertz CT molecular complexity index is 1540. The molecule has 0 aliphatic carbocycles. The molecule has 0 bridgehead atoms. The maximum atomic E-state index is 13.5. The number of hydrogen-bond acceptors (Lipinski definition) is 7. The average Bonchev–Trinajstić information content (AvgIpc) is 3.49. The lowest BCUT2D eigenvalue weighted by Crippen LogP contribution is -2.29. The van der Waals surface area contributed by atoms with Crippen LogP contribution in [0.5, 0.6) is 11.5 Å². The van der Waals surface area contributed by atoms with E-state index in [4.69, 9.17) is 14.5 Å². The van der Waals surface area contributed by atoms with Gasteiger partial charge in [-0.2, -0.15) is 0 Å². The Morgan fingerprint density at radius 3 is 2.31 bits per heavy atom. The number of fused-ring (bicyclic) bond motifs is 1. The molecule has 200 valence electrons. The third kappa shape index (κ3) is 5.12. The molecule has 0 spiro atoms. The van der Waals surface area contributed by atoms with Crippen LogP contribution in [0, 0.1) is 0 Å².